The number of likely N-dealkylation sites (tertiary alicyclic amines) is 1. The Balaban J connectivity index is 1.61. The number of carbonyl (C=O) groups is 1. The minimum Gasteiger partial charge on any atom is -0.381 e. The van der Waals surface area contributed by atoms with Crippen molar-refractivity contribution in [3.63, 3.8) is 0 Å². The maximum absolute atomic E-state index is 12.3. The van der Waals surface area contributed by atoms with Gasteiger partial charge in [0.15, 0.2) is 0 Å². The van der Waals surface area contributed by atoms with Gasteiger partial charge in [0.2, 0.25) is 0 Å². The van der Waals surface area contributed by atoms with E-state index in [9.17, 15) is 4.79 Å². The summed E-state index contributed by atoms with van der Waals surface area (Å²) in [6, 6.07) is 3.74. The molecule has 0 N–H and O–H groups in total. The lowest BCUT2D eigenvalue weighted by Crippen LogP contribution is -2.60. The van der Waals surface area contributed by atoms with Crippen LogP contribution in [0.5, 0.6) is 0 Å². The second kappa shape index (κ2) is 4.80. The van der Waals surface area contributed by atoms with E-state index in [1.165, 1.54) is 0 Å². The molecule has 0 saturated carbocycles. The lowest BCUT2D eigenvalue weighted by molar-refractivity contribution is 0.0447. The minimum atomic E-state index is 0.0482. The first-order valence-corrected chi connectivity index (χ1v) is 7.49. The molecule has 0 bridgehead atoms. The first-order chi connectivity index (χ1) is 9.12. The molecule has 2 saturated heterocycles. The number of nitrogens with zero attached hydrogens (tertiary/aromatic N) is 2. The number of thioether (sulfide) groups is 1. The smallest absolute Gasteiger partial charge is 0.272 e. The van der Waals surface area contributed by atoms with Crippen LogP contribution in [0.3, 0.4) is 0 Å². The molecule has 1 atom stereocenters. The van der Waals surface area contributed by atoms with Crippen molar-refractivity contribution >= 4 is 17.7 Å². The van der Waals surface area contributed by atoms with Gasteiger partial charge < -0.3 is 9.64 Å². The van der Waals surface area contributed by atoms with Crippen LogP contribution in [0.4, 0.5) is 0 Å². The number of aromatic nitrogens is 1. The summed E-state index contributed by atoms with van der Waals surface area (Å²) in [6.45, 7) is 3.62. The summed E-state index contributed by atoms with van der Waals surface area (Å²) in [6.07, 6.45) is 3.15. The largest absolute Gasteiger partial charge is 0.381 e. The van der Waals surface area contributed by atoms with E-state index in [2.05, 4.69) is 4.98 Å². The number of ether oxygens (including phenoxy) is 1. The van der Waals surface area contributed by atoms with Crippen LogP contribution < -0.4 is 0 Å². The standard InChI is InChI=1S/C14H18N2O2S/c1-10-3-4-12(15-6-10)13(17)16-8-14(9-16)5-11(18-2)7-19-14/h3-4,6,11H,5,7-9H2,1-2H3/t11-/m0/s1. The Morgan fingerprint density at radius 1 is 1.53 bits per heavy atom. The highest BCUT2D eigenvalue weighted by molar-refractivity contribution is 8.01. The number of methoxy groups -OCH3 is 1. The Morgan fingerprint density at radius 3 is 2.89 bits per heavy atom. The molecule has 2 aliphatic rings. The summed E-state index contributed by atoms with van der Waals surface area (Å²) in [5.74, 6) is 1.09. The van der Waals surface area contributed by atoms with Gasteiger partial charge in [-0.3, -0.25) is 9.78 Å². The van der Waals surface area contributed by atoms with Gasteiger partial charge in [0.25, 0.3) is 5.91 Å². The van der Waals surface area contributed by atoms with E-state index in [4.69, 9.17) is 4.74 Å². The van der Waals surface area contributed by atoms with Crippen LogP contribution >= 0.6 is 11.8 Å². The topological polar surface area (TPSA) is 42.4 Å². The number of pyridine rings is 1. The molecule has 1 amide bonds. The fraction of sp³-hybridized carbons (Fsp3) is 0.571. The highest BCUT2D eigenvalue weighted by Crippen LogP contribution is 2.46. The van der Waals surface area contributed by atoms with Crippen molar-refractivity contribution in [2.24, 2.45) is 0 Å². The van der Waals surface area contributed by atoms with Gasteiger partial charge in [-0.1, -0.05) is 6.07 Å². The number of amides is 1. The molecule has 0 unspecified atom stereocenters. The van der Waals surface area contributed by atoms with Gasteiger partial charge in [0.1, 0.15) is 5.69 Å². The number of hydrogen-bond donors (Lipinski definition) is 0. The van der Waals surface area contributed by atoms with Crippen LogP contribution in [0.15, 0.2) is 18.3 Å². The molecule has 19 heavy (non-hydrogen) atoms. The maximum Gasteiger partial charge on any atom is 0.272 e. The zero-order chi connectivity index (χ0) is 13.5. The summed E-state index contributed by atoms with van der Waals surface area (Å²) in [5.41, 5.74) is 1.62. The fourth-order valence-electron chi connectivity index (χ4n) is 2.72. The molecule has 0 radical (unpaired) electrons. The highest BCUT2D eigenvalue weighted by atomic mass is 32.2. The van der Waals surface area contributed by atoms with Crippen molar-refractivity contribution in [1.29, 1.82) is 0 Å². The molecular formula is C14H18N2O2S. The molecule has 4 nitrogen and oxygen atoms in total. The minimum absolute atomic E-state index is 0.0482. The Kier molecular flexibility index (Phi) is 3.27. The molecule has 0 aliphatic carbocycles. The van der Waals surface area contributed by atoms with Crippen molar-refractivity contribution in [2.45, 2.75) is 24.2 Å². The Bertz CT molecular complexity index is 483. The van der Waals surface area contributed by atoms with Gasteiger partial charge in [-0.05, 0) is 25.0 Å². The maximum atomic E-state index is 12.3. The number of carbonyl (C=O) groups excluding carboxylic acids is 1. The third kappa shape index (κ3) is 2.37. The van der Waals surface area contributed by atoms with Crippen LogP contribution in [0.25, 0.3) is 0 Å². The fourth-order valence-corrected chi connectivity index (χ4v) is 4.31. The van der Waals surface area contributed by atoms with Crippen molar-refractivity contribution < 1.29 is 9.53 Å². The van der Waals surface area contributed by atoms with Crippen molar-refractivity contribution in [3.05, 3.63) is 29.6 Å². The Labute approximate surface area is 117 Å². The third-order valence-corrected chi connectivity index (χ3v) is 5.46. The molecule has 0 aromatic carbocycles. The zero-order valence-electron chi connectivity index (χ0n) is 11.3. The lowest BCUT2D eigenvalue weighted by atomic mass is 9.92. The monoisotopic (exact) mass is 278 g/mol. The van der Waals surface area contributed by atoms with E-state index in [-0.39, 0.29) is 10.7 Å². The zero-order valence-corrected chi connectivity index (χ0v) is 12.1. The first kappa shape index (κ1) is 12.9. The Hall–Kier alpha value is -1.07. The summed E-state index contributed by atoms with van der Waals surface area (Å²) < 4.78 is 5.64. The summed E-state index contributed by atoms with van der Waals surface area (Å²) in [7, 11) is 1.77. The Morgan fingerprint density at radius 2 is 2.32 bits per heavy atom. The van der Waals surface area contributed by atoms with Crippen LogP contribution in [-0.2, 0) is 4.74 Å². The summed E-state index contributed by atoms with van der Waals surface area (Å²) >= 11 is 1.94. The lowest BCUT2D eigenvalue weighted by Gasteiger charge is -2.47. The normalized spacial score (nSPS) is 24.5. The van der Waals surface area contributed by atoms with E-state index < -0.39 is 0 Å². The van der Waals surface area contributed by atoms with E-state index in [1.807, 2.05) is 35.7 Å². The van der Waals surface area contributed by atoms with Gasteiger partial charge in [-0.2, -0.15) is 0 Å². The van der Waals surface area contributed by atoms with E-state index in [1.54, 1.807) is 13.3 Å². The molecule has 3 heterocycles. The van der Waals surface area contributed by atoms with Crippen molar-refractivity contribution in [1.82, 2.24) is 9.88 Å². The predicted molar refractivity (Wildman–Crippen MR) is 75.5 cm³/mol. The average molecular weight is 278 g/mol. The van der Waals surface area contributed by atoms with Gasteiger partial charge >= 0.3 is 0 Å². The van der Waals surface area contributed by atoms with Crippen LogP contribution in [-0.4, -0.2) is 52.6 Å². The van der Waals surface area contributed by atoms with Gasteiger partial charge in [-0.25, -0.2) is 0 Å². The molecule has 1 aromatic rings. The highest BCUT2D eigenvalue weighted by Gasteiger charge is 2.50. The molecule has 2 aliphatic heterocycles. The quantitative estimate of drug-likeness (QED) is 0.826. The summed E-state index contributed by atoms with van der Waals surface area (Å²) in [4.78, 5) is 18.3. The van der Waals surface area contributed by atoms with Gasteiger partial charge in [0.05, 0.1) is 10.9 Å². The van der Waals surface area contributed by atoms with Gasteiger partial charge in [-0.15, -0.1) is 11.8 Å². The number of aryl methyl sites for hydroxylation is 1. The molecule has 5 heteroatoms. The van der Waals surface area contributed by atoms with E-state index >= 15 is 0 Å². The SMILES string of the molecule is CO[C@@H]1CSC2(C1)CN(C(=O)c1ccc(C)cn1)C2. The van der Waals surface area contributed by atoms with E-state index in [0.29, 0.717) is 11.8 Å². The molecule has 2 fully saturated rings. The van der Waals surface area contributed by atoms with E-state index in [0.717, 1.165) is 30.8 Å². The second-order valence-corrected chi connectivity index (χ2v) is 6.93. The third-order valence-electron chi connectivity index (χ3n) is 3.88. The molecule has 102 valence electrons. The average Bonchev–Trinajstić information content (AvgIpc) is 2.81. The van der Waals surface area contributed by atoms with Crippen LogP contribution in [0.1, 0.15) is 22.5 Å². The van der Waals surface area contributed by atoms with Crippen molar-refractivity contribution in [3.8, 4) is 0 Å². The van der Waals surface area contributed by atoms with Gasteiger partial charge in [0, 0.05) is 32.1 Å². The number of rotatable bonds is 2. The molecule has 3 rings (SSSR count). The molecule has 1 aromatic heterocycles. The van der Waals surface area contributed by atoms with Crippen LogP contribution in [0, 0.1) is 6.92 Å². The van der Waals surface area contributed by atoms with Crippen LogP contribution in [0.2, 0.25) is 0 Å². The van der Waals surface area contributed by atoms with Crippen molar-refractivity contribution in [2.75, 3.05) is 26.0 Å². The summed E-state index contributed by atoms with van der Waals surface area (Å²) in [5, 5.41) is 0. The number of hydrogen-bond acceptors (Lipinski definition) is 4. The second-order valence-electron chi connectivity index (χ2n) is 5.44. The molecule has 1 spiro atoms. The molecular weight excluding hydrogens is 260 g/mol. The predicted octanol–water partition coefficient (Wildman–Crippen LogP) is 1.74. The first-order valence-electron chi connectivity index (χ1n) is 6.51.